The molecule has 0 bridgehead atoms. The predicted octanol–water partition coefficient (Wildman–Crippen LogP) is -0.151. The molecule has 0 spiro atoms. The predicted molar refractivity (Wildman–Crippen MR) is 53.7 cm³/mol. The van der Waals surface area contributed by atoms with Gasteiger partial charge in [-0.25, -0.2) is 0 Å². The minimum absolute atomic E-state index is 0.0259. The Kier molecular flexibility index (Phi) is 7.37. The Morgan fingerprint density at radius 1 is 1.43 bits per heavy atom. The largest absolute Gasteiger partial charge is 0.354 e. The first kappa shape index (κ1) is 13.4. The van der Waals surface area contributed by atoms with Crippen LogP contribution in [-0.2, 0) is 14.3 Å². The second-order valence-corrected chi connectivity index (χ2v) is 3.09. The van der Waals surface area contributed by atoms with Crippen molar-refractivity contribution in [3.05, 3.63) is 0 Å². The van der Waals surface area contributed by atoms with Crippen molar-refractivity contribution in [1.29, 1.82) is 0 Å². The van der Waals surface area contributed by atoms with E-state index >= 15 is 0 Å². The standard InChI is InChI=1S/C9H20N2O3/c1-7(9(13-2)14-3)11-8(12)5-4-6-10/h7,9H,4-6,10H2,1-3H3,(H,11,12). The lowest BCUT2D eigenvalue weighted by Crippen LogP contribution is -2.42. The molecule has 0 aromatic rings. The highest BCUT2D eigenvalue weighted by Gasteiger charge is 2.17. The Morgan fingerprint density at radius 3 is 2.43 bits per heavy atom. The van der Waals surface area contributed by atoms with Crippen LogP contribution in [0.25, 0.3) is 0 Å². The van der Waals surface area contributed by atoms with Crippen LogP contribution in [0.5, 0.6) is 0 Å². The van der Waals surface area contributed by atoms with E-state index in [4.69, 9.17) is 15.2 Å². The Labute approximate surface area is 84.9 Å². The third-order valence-electron chi connectivity index (χ3n) is 1.87. The topological polar surface area (TPSA) is 73.6 Å². The number of nitrogens with two attached hydrogens (primary N) is 1. The summed E-state index contributed by atoms with van der Waals surface area (Å²) >= 11 is 0. The summed E-state index contributed by atoms with van der Waals surface area (Å²) in [5, 5.41) is 2.77. The van der Waals surface area contributed by atoms with Gasteiger partial charge in [-0.05, 0) is 19.9 Å². The van der Waals surface area contributed by atoms with Gasteiger partial charge in [-0.3, -0.25) is 4.79 Å². The SMILES string of the molecule is COC(OC)C(C)NC(=O)CCCN. The van der Waals surface area contributed by atoms with Crippen molar-refractivity contribution in [2.24, 2.45) is 5.73 Å². The van der Waals surface area contributed by atoms with Crippen molar-refractivity contribution >= 4 is 5.91 Å². The van der Waals surface area contributed by atoms with E-state index < -0.39 is 6.29 Å². The molecule has 0 aliphatic heterocycles. The molecule has 1 atom stereocenters. The Hall–Kier alpha value is -0.650. The molecule has 0 radical (unpaired) electrons. The first-order valence-corrected chi connectivity index (χ1v) is 4.70. The summed E-state index contributed by atoms with van der Waals surface area (Å²) in [6, 6.07) is -0.157. The maximum absolute atomic E-state index is 11.3. The Balaban J connectivity index is 3.79. The third kappa shape index (κ3) is 5.16. The van der Waals surface area contributed by atoms with Crippen LogP contribution in [0.3, 0.4) is 0 Å². The van der Waals surface area contributed by atoms with Gasteiger partial charge in [0.1, 0.15) is 0 Å². The molecule has 0 heterocycles. The number of ether oxygens (including phenoxy) is 2. The van der Waals surface area contributed by atoms with E-state index in [2.05, 4.69) is 5.32 Å². The zero-order valence-corrected chi connectivity index (χ0v) is 9.08. The Morgan fingerprint density at radius 2 is 2.00 bits per heavy atom. The van der Waals surface area contributed by atoms with E-state index in [1.807, 2.05) is 6.92 Å². The average molecular weight is 204 g/mol. The van der Waals surface area contributed by atoms with Gasteiger partial charge in [-0.2, -0.15) is 0 Å². The molecule has 3 N–H and O–H groups in total. The van der Waals surface area contributed by atoms with E-state index in [9.17, 15) is 4.79 Å². The molecule has 84 valence electrons. The number of carbonyl (C=O) groups is 1. The molecule has 0 rings (SSSR count). The molecule has 0 aromatic carbocycles. The van der Waals surface area contributed by atoms with E-state index in [1.54, 1.807) is 0 Å². The fraction of sp³-hybridized carbons (Fsp3) is 0.889. The number of methoxy groups -OCH3 is 2. The number of hydrogen-bond donors (Lipinski definition) is 2. The number of carbonyl (C=O) groups excluding carboxylic acids is 1. The molecule has 5 nitrogen and oxygen atoms in total. The monoisotopic (exact) mass is 204 g/mol. The van der Waals surface area contributed by atoms with E-state index in [1.165, 1.54) is 14.2 Å². The average Bonchev–Trinajstić information content (AvgIpc) is 2.16. The van der Waals surface area contributed by atoms with Crippen molar-refractivity contribution in [3.8, 4) is 0 Å². The number of hydrogen-bond acceptors (Lipinski definition) is 4. The first-order chi connectivity index (χ1) is 6.65. The lowest BCUT2D eigenvalue weighted by Gasteiger charge is -2.21. The molecule has 0 saturated heterocycles. The molecule has 0 saturated carbocycles. The van der Waals surface area contributed by atoms with Crippen molar-refractivity contribution in [1.82, 2.24) is 5.32 Å². The van der Waals surface area contributed by atoms with Crippen LogP contribution in [0, 0.1) is 0 Å². The molecule has 0 fully saturated rings. The quantitative estimate of drug-likeness (QED) is 0.566. The zero-order valence-electron chi connectivity index (χ0n) is 9.08. The van der Waals surface area contributed by atoms with Gasteiger partial charge in [0, 0.05) is 20.6 Å². The van der Waals surface area contributed by atoms with Crippen LogP contribution >= 0.6 is 0 Å². The fourth-order valence-corrected chi connectivity index (χ4v) is 1.16. The minimum Gasteiger partial charge on any atom is -0.354 e. The summed E-state index contributed by atoms with van der Waals surface area (Å²) in [5.41, 5.74) is 5.29. The van der Waals surface area contributed by atoms with Crippen molar-refractivity contribution in [2.75, 3.05) is 20.8 Å². The van der Waals surface area contributed by atoms with Crippen LogP contribution < -0.4 is 11.1 Å². The van der Waals surface area contributed by atoms with Crippen LogP contribution in [0.4, 0.5) is 0 Å². The molecule has 1 unspecified atom stereocenters. The molecule has 1 amide bonds. The van der Waals surface area contributed by atoms with Crippen LogP contribution in [0.1, 0.15) is 19.8 Å². The molecule has 0 aliphatic rings. The van der Waals surface area contributed by atoms with Gasteiger partial charge in [0.2, 0.25) is 5.91 Å². The van der Waals surface area contributed by atoms with Crippen molar-refractivity contribution < 1.29 is 14.3 Å². The molecule has 0 aromatic heterocycles. The highest BCUT2D eigenvalue weighted by Crippen LogP contribution is 1.99. The van der Waals surface area contributed by atoms with Gasteiger partial charge in [-0.1, -0.05) is 0 Å². The fourth-order valence-electron chi connectivity index (χ4n) is 1.16. The highest BCUT2D eigenvalue weighted by atomic mass is 16.7. The lowest BCUT2D eigenvalue weighted by atomic mass is 10.2. The van der Waals surface area contributed by atoms with Crippen LogP contribution in [0.2, 0.25) is 0 Å². The van der Waals surface area contributed by atoms with Crippen molar-refractivity contribution in [2.45, 2.75) is 32.1 Å². The lowest BCUT2D eigenvalue weighted by molar-refractivity contribution is -0.135. The van der Waals surface area contributed by atoms with E-state index in [0.717, 1.165) is 0 Å². The van der Waals surface area contributed by atoms with Gasteiger partial charge in [0.15, 0.2) is 6.29 Å². The van der Waals surface area contributed by atoms with E-state index in [-0.39, 0.29) is 11.9 Å². The number of nitrogens with one attached hydrogen (secondary N) is 1. The van der Waals surface area contributed by atoms with Gasteiger partial charge in [0.25, 0.3) is 0 Å². The summed E-state index contributed by atoms with van der Waals surface area (Å²) in [7, 11) is 3.08. The van der Waals surface area contributed by atoms with Gasteiger partial charge >= 0.3 is 0 Å². The smallest absolute Gasteiger partial charge is 0.220 e. The molecule has 0 aliphatic carbocycles. The first-order valence-electron chi connectivity index (χ1n) is 4.70. The molecular formula is C9H20N2O3. The summed E-state index contributed by atoms with van der Waals surface area (Å²) in [4.78, 5) is 11.3. The van der Waals surface area contributed by atoms with E-state index in [0.29, 0.717) is 19.4 Å². The van der Waals surface area contributed by atoms with Crippen LogP contribution in [-0.4, -0.2) is 39.0 Å². The minimum atomic E-state index is -0.406. The van der Waals surface area contributed by atoms with Crippen LogP contribution in [0.15, 0.2) is 0 Å². The van der Waals surface area contributed by atoms with Crippen molar-refractivity contribution in [3.63, 3.8) is 0 Å². The zero-order chi connectivity index (χ0) is 11.0. The second kappa shape index (κ2) is 7.73. The molecular weight excluding hydrogens is 184 g/mol. The van der Waals surface area contributed by atoms with Gasteiger partial charge in [-0.15, -0.1) is 0 Å². The number of amides is 1. The summed E-state index contributed by atoms with van der Waals surface area (Å²) < 4.78 is 10.0. The highest BCUT2D eigenvalue weighted by molar-refractivity contribution is 5.76. The summed E-state index contributed by atoms with van der Waals surface area (Å²) in [6.45, 7) is 2.36. The number of rotatable bonds is 7. The Bertz CT molecular complexity index is 160. The molecule has 14 heavy (non-hydrogen) atoms. The molecule has 5 heteroatoms. The normalized spacial score (nSPS) is 12.9. The maximum Gasteiger partial charge on any atom is 0.220 e. The summed E-state index contributed by atoms with van der Waals surface area (Å²) in [5.74, 6) is -0.0259. The maximum atomic E-state index is 11.3. The third-order valence-corrected chi connectivity index (χ3v) is 1.87. The van der Waals surface area contributed by atoms with Gasteiger partial charge < -0.3 is 20.5 Å². The van der Waals surface area contributed by atoms with Gasteiger partial charge in [0.05, 0.1) is 6.04 Å². The summed E-state index contributed by atoms with van der Waals surface area (Å²) in [6.07, 6.45) is 0.737. The second-order valence-electron chi connectivity index (χ2n) is 3.09.